The van der Waals surface area contributed by atoms with Gasteiger partial charge in [-0.15, -0.1) is 11.3 Å². The van der Waals surface area contributed by atoms with Gasteiger partial charge >= 0.3 is 18.0 Å². The SMILES string of the molecule is CCOC(=O)c1c(NC(=O)COC(=O)c2ccc(CNC(=O)NC(C)C)cc2)sc2c1CCC2. The number of anilines is 1. The van der Waals surface area contributed by atoms with E-state index in [-0.39, 0.29) is 24.2 Å². The highest BCUT2D eigenvalue weighted by molar-refractivity contribution is 7.17. The molecule has 1 aliphatic rings. The molecule has 9 nitrogen and oxygen atoms in total. The van der Waals surface area contributed by atoms with Crippen LogP contribution in [0.5, 0.6) is 0 Å². The smallest absolute Gasteiger partial charge is 0.341 e. The first-order chi connectivity index (χ1) is 16.3. The summed E-state index contributed by atoms with van der Waals surface area (Å²) in [6.45, 7) is 5.54. The van der Waals surface area contributed by atoms with Crippen LogP contribution in [0.15, 0.2) is 24.3 Å². The number of hydrogen-bond donors (Lipinski definition) is 3. The molecule has 1 aliphatic carbocycles. The second-order valence-electron chi connectivity index (χ2n) is 8.08. The molecule has 0 saturated heterocycles. The van der Waals surface area contributed by atoms with Gasteiger partial charge in [0.05, 0.1) is 17.7 Å². The first-order valence-corrected chi connectivity index (χ1v) is 12.0. The minimum absolute atomic E-state index is 0.0341. The first-order valence-electron chi connectivity index (χ1n) is 11.2. The number of thiophene rings is 1. The summed E-state index contributed by atoms with van der Waals surface area (Å²) in [7, 11) is 0. The van der Waals surface area contributed by atoms with E-state index in [2.05, 4.69) is 16.0 Å². The van der Waals surface area contributed by atoms with Gasteiger partial charge in [0.2, 0.25) is 0 Å². The van der Waals surface area contributed by atoms with Crippen molar-refractivity contribution in [3.05, 3.63) is 51.4 Å². The van der Waals surface area contributed by atoms with Crippen molar-refractivity contribution in [2.24, 2.45) is 0 Å². The largest absolute Gasteiger partial charge is 0.462 e. The molecule has 10 heteroatoms. The molecule has 0 atom stereocenters. The summed E-state index contributed by atoms with van der Waals surface area (Å²) in [5.41, 5.74) is 2.44. The molecule has 1 aromatic carbocycles. The molecule has 0 unspecified atom stereocenters. The van der Waals surface area contributed by atoms with Gasteiger partial charge in [0, 0.05) is 17.5 Å². The molecule has 34 heavy (non-hydrogen) atoms. The molecule has 0 spiro atoms. The van der Waals surface area contributed by atoms with Crippen LogP contribution in [0.1, 0.15) is 63.9 Å². The minimum atomic E-state index is -0.647. The number of nitrogens with one attached hydrogen (secondary N) is 3. The van der Waals surface area contributed by atoms with Gasteiger partial charge in [-0.2, -0.15) is 0 Å². The average molecular weight is 488 g/mol. The Bertz CT molecular complexity index is 1060. The average Bonchev–Trinajstić information content (AvgIpc) is 3.37. The van der Waals surface area contributed by atoms with Crippen LogP contribution in [-0.2, 0) is 33.7 Å². The van der Waals surface area contributed by atoms with E-state index >= 15 is 0 Å². The summed E-state index contributed by atoms with van der Waals surface area (Å²) in [5.74, 6) is -1.63. The maximum Gasteiger partial charge on any atom is 0.341 e. The van der Waals surface area contributed by atoms with Crippen molar-refractivity contribution >= 4 is 40.2 Å². The summed E-state index contributed by atoms with van der Waals surface area (Å²) >= 11 is 1.37. The maximum absolute atomic E-state index is 12.4. The van der Waals surface area contributed by atoms with Gasteiger partial charge in [-0.05, 0) is 63.3 Å². The van der Waals surface area contributed by atoms with Crippen LogP contribution >= 0.6 is 11.3 Å². The molecule has 0 saturated carbocycles. The van der Waals surface area contributed by atoms with Crippen LogP contribution in [0, 0.1) is 0 Å². The van der Waals surface area contributed by atoms with Crippen LogP contribution < -0.4 is 16.0 Å². The monoisotopic (exact) mass is 487 g/mol. The van der Waals surface area contributed by atoms with E-state index in [9.17, 15) is 19.2 Å². The number of aryl methyl sites for hydroxylation is 1. The normalized spacial score (nSPS) is 12.1. The third-order valence-electron chi connectivity index (χ3n) is 5.05. The molecule has 1 aromatic heterocycles. The van der Waals surface area contributed by atoms with Gasteiger partial charge in [0.1, 0.15) is 5.00 Å². The third kappa shape index (κ3) is 6.57. The van der Waals surface area contributed by atoms with E-state index < -0.39 is 24.5 Å². The summed E-state index contributed by atoms with van der Waals surface area (Å²) in [4.78, 5) is 49.9. The molecular weight excluding hydrogens is 458 g/mol. The van der Waals surface area contributed by atoms with Gasteiger partial charge in [0.15, 0.2) is 6.61 Å². The number of amides is 3. The molecule has 3 rings (SSSR count). The predicted molar refractivity (Wildman–Crippen MR) is 128 cm³/mol. The minimum Gasteiger partial charge on any atom is -0.462 e. The number of hydrogen-bond acceptors (Lipinski definition) is 7. The van der Waals surface area contributed by atoms with Gasteiger partial charge in [-0.3, -0.25) is 4.79 Å². The molecule has 0 fully saturated rings. The lowest BCUT2D eigenvalue weighted by molar-refractivity contribution is -0.119. The zero-order valence-corrected chi connectivity index (χ0v) is 20.3. The summed E-state index contributed by atoms with van der Waals surface area (Å²) < 4.78 is 10.3. The van der Waals surface area contributed by atoms with E-state index in [0.717, 1.165) is 35.3 Å². The van der Waals surface area contributed by atoms with Gasteiger partial charge in [0.25, 0.3) is 5.91 Å². The Labute approximate surface area is 202 Å². The summed E-state index contributed by atoms with van der Waals surface area (Å²) in [5, 5.41) is 8.58. The fourth-order valence-corrected chi connectivity index (χ4v) is 4.84. The van der Waals surface area contributed by atoms with Crippen molar-refractivity contribution in [2.75, 3.05) is 18.5 Å². The number of carbonyl (C=O) groups excluding carboxylic acids is 4. The van der Waals surface area contributed by atoms with Crippen molar-refractivity contribution in [3.8, 4) is 0 Å². The van der Waals surface area contributed by atoms with Crippen molar-refractivity contribution in [2.45, 2.75) is 52.6 Å². The standard InChI is InChI=1S/C24H29N3O6S/c1-4-32-23(30)20-17-6-5-7-18(17)34-21(20)27-19(28)13-33-22(29)16-10-8-15(9-11-16)12-25-24(31)26-14(2)3/h8-11,14H,4-7,12-13H2,1-3H3,(H,27,28)(H2,25,26,31). The van der Waals surface area contributed by atoms with Gasteiger partial charge < -0.3 is 25.4 Å². The van der Waals surface area contributed by atoms with Crippen LogP contribution in [0.3, 0.4) is 0 Å². The number of rotatable bonds is 9. The van der Waals surface area contributed by atoms with Crippen molar-refractivity contribution in [1.82, 2.24) is 10.6 Å². The molecule has 2 aromatic rings. The molecule has 0 radical (unpaired) electrons. The fourth-order valence-electron chi connectivity index (χ4n) is 3.54. The second-order valence-corrected chi connectivity index (χ2v) is 9.19. The van der Waals surface area contributed by atoms with Crippen LogP contribution in [0.25, 0.3) is 0 Å². The summed E-state index contributed by atoms with van der Waals surface area (Å²) in [6, 6.07) is 6.30. The Morgan fingerprint density at radius 2 is 1.76 bits per heavy atom. The number of fused-ring (bicyclic) bond motifs is 1. The Morgan fingerprint density at radius 3 is 2.44 bits per heavy atom. The Hall–Kier alpha value is -3.40. The van der Waals surface area contributed by atoms with Crippen molar-refractivity contribution in [1.29, 1.82) is 0 Å². The van der Waals surface area contributed by atoms with E-state index in [0.29, 0.717) is 17.1 Å². The Morgan fingerprint density at radius 1 is 1.03 bits per heavy atom. The quantitative estimate of drug-likeness (QED) is 0.466. The highest BCUT2D eigenvalue weighted by atomic mass is 32.1. The molecule has 0 aliphatic heterocycles. The van der Waals surface area contributed by atoms with Crippen molar-refractivity contribution < 1.29 is 28.7 Å². The number of ether oxygens (including phenoxy) is 2. The van der Waals surface area contributed by atoms with E-state index in [1.165, 1.54) is 11.3 Å². The van der Waals surface area contributed by atoms with Crippen LogP contribution in [0.4, 0.5) is 9.80 Å². The summed E-state index contributed by atoms with van der Waals surface area (Å²) in [6.07, 6.45) is 2.61. The molecule has 3 amide bonds. The molecule has 182 valence electrons. The second kappa shape index (κ2) is 11.6. The number of esters is 2. The lowest BCUT2D eigenvalue weighted by Gasteiger charge is -2.10. The van der Waals surface area contributed by atoms with Crippen molar-refractivity contribution in [3.63, 3.8) is 0 Å². The van der Waals surface area contributed by atoms with Crippen LogP contribution in [-0.4, -0.2) is 43.1 Å². The maximum atomic E-state index is 12.4. The fraction of sp³-hybridized carbons (Fsp3) is 0.417. The number of urea groups is 1. The zero-order valence-electron chi connectivity index (χ0n) is 19.5. The number of benzene rings is 1. The molecule has 1 heterocycles. The third-order valence-corrected chi connectivity index (χ3v) is 6.26. The Kier molecular flexibility index (Phi) is 8.64. The van der Waals surface area contributed by atoms with Gasteiger partial charge in [-0.25, -0.2) is 14.4 Å². The van der Waals surface area contributed by atoms with Crippen LogP contribution in [0.2, 0.25) is 0 Å². The molecular formula is C24H29N3O6S. The van der Waals surface area contributed by atoms with E-state index in [1.54, 1.807) is 31.2 Å². The highest BCUT2D eigenvalue weighted by Gasteiger charge is 2.28. The zero-order chi connectivity index (χ0) is 24.7. The highest BCUT2D eigenvalue weighted by Crippen LogP contribution is 2.39. The van der Waals surface area contributed by atoms with E-state index in [1.807, 2.05) is 13.8 Å². The first kappa shape index (κ1) is 25.2. The van der Waals surface area contributed by atoms with E-state index in [4.69, 9.17) is 9.47 Å². The molecule has 3 N–H and O–H groups in total. The number of carbonyl (C=O) groups is 4. The molecule has 0 bridgehead atoms. The predicted octanol–water partition coefficient (Wildman–Crippen LogP) is 3.42. The Balaban J connectivity index is 1.52. The van der Waals surface area contributed by atoms with Gasteiger partial charge in [-0.1, -0.05) is 12.1 Å². The topological polar surface area (TPSA) is 123 Å². The lowest BCUT2D eigenvalue weighted by atomic mass is 10.1. The lowest BCUT2D eigenvalue weighted by Crippen LogP contribution is -2.39.